The molecule has 1 atom stereocenters. The minimum atomic E-state index is -0.270. The van der Waals surface area contributed by atoms with Crippen molar-refractivity contribution in [3.05, 3.63) is 35.9 Å². The van der Waals surface area contributed by atoms with Gasteiger partial charge in [0.05, 0.1) is 6.61 Å². The number of nitrogens with zero attached hydrogens (tertiary/aromatic N) is 1. The Kier molecular flexibility index (Phi) is 4.73. The monoisotopic (exact) mass is 248 g/mol. The molecule has 4 heteroatoms. The standard InChI is InChI=1S/C14H20N2O2/c1-2-18-14(17)13(12-6-4-3-5-7-12)16-10-8-15-9-11-16/h3-7,13,15H,2,8-11H2,1H3/t13-/m1/s1. The molecule has 4 nitrogen and oxygen atoms in total. The van der Waals surface area contributed by atoms with Crippen LogP contribution >= 0.6 is 0 Å². The molecule has 0 spiro atoms. The molecule has 1 saturated heterocycles. The molecular weight excluding hydrogens is 228 g/mol. The highest BCUT2D eigenvalue weighted by Crippen LogP contribution is 2.22. The molecule has 1 aliphatic rings. The molecule has 1 fully saturated rings. The van der Waals surface area contributed by atoms with E-state index < -0.39 is 0 Å². The highest BCUT2D eigenvalue weighted by atomic mass is 16.5. The van der Waals surface area contributed by atoms with Gasteiger partial charge in [0.2, 0.25) is 0 Å². The van der Waals surface area contributed by atoms with E-state index in [4.69, 9.17) is 4.74 Å². The third kappa shape index (κ3) is 3.09. The number of esters is 1. The lowest BCUT2D eigenvalue weighted by atomic mass is 10.0. The van der Waals surface area contributed by atoms with Crippen LogP contribution in [-0.4, -0.2) is 43.7 Å². The maximum Gasteiger partial charge on any atom is 0.328 e. The molecule has 0 aliphatic carbocycles. The number of hydrogen-bond acceptors (Lipinski definition) is 4. The largest absolute Gasteiger partial charge is 0.465 e. The topological polar surface area (TPSA) is 41.6 Å². The summed E-state index contributed by atoms with van der Waals surface area (Å²) in [5.74, 6) is -0.148. The van der Waals surface area contributed by atoms with Crippen molar-refractivity contribution < 1.29 is 9.53 Å². The molecule has 1 aromatic rings. The number of nitrogens with one attached hydrogen (secondary N) is 1. The third-order valence-electron chi connectivity index (χ3n) is 3.14. The summed E-state index contributed by atoms with van der Waals surface area (Å²) in [6.07, 6.45) is 0. The van der Waals surface area contributed by atoms with Crippen LogP contribution in [0.3, 0.4) is 0 Å². The van der Waals surface area contributed by atoms with E-state index in [0.717, 1.165) is 31.7 Å². The first-order valence-electron chi connectivity index (χ1n) is 6.49. The van der Waals surface area contributed by atoms with E-state index in [2.05, 4.69) is 10.2 Å². The van der Waals surface area contributed by atoms with Crippen LogP contribution in [0.1, 0.15) is 18.5 Å². The molecule has 98 valence electrons. The molecular formula is C14H20N2O2. The Hall–Kier alpha value is -1.39. The van der Waals surface area contributed by atoms with E-state index >= 15 is 0 Å². The second-order valence-corrected chi connectivity index (χ2v) is 4.35. The molecule has 0 amide bonds. The highest BCUT2D eigenvalue weighted by Gasteiger charge is 2.29. The maximum atomic E-state index is 12.2. The van der Waals surface area contributed by atoms with Gasteiger partial charge in [-0.25, -0.2) is 4.79 Å². The number of ether oxygens (including phenoxy) is 1. The molecule has 18 heavy (non-hydrogen) atoms. The Morgan fingerprint density at radius 2 is 2.00 bits per heavy atom. The van der Waals surface area contributed by atoms with Gasteiger partial charge in [-0.05, 0) is 12.5 Å². The number of hydrogen-bond donors (Lipinski definition) is 1. The first-order chi connectivity index (χ1) is 8.83. The van der Waals surface area contributed by atoms with Crippen molar-refractivity contribution in [3.63, 3.8) is 0 Å². The highest BCUT2D eigenvalue weighted by molar-refractivity contribution is 5.77. The maximum absolute atomic E-state index is 12.2. The van der Waals surface area contributed by atoms with E-state index in [0.29, 0.717) is 6.61 Å². The Morgan fingerprint density at radius 3 is 2.61 bits per heavy atom. The zero-order valence-electron chi connectivity index (χ0n) is 10.8. The van der Waals surface area contributed by atoms with Gasteiger partial charge >= 0.3 is 5.97 Å². The Balaban J connectivity index is 2.19. The third-order valence-corrected chi connectivity index (χ3v) is 3.14. The summed E-state index contributed by atoms with van der Waals surface area (Å²) in [4.78, 5) is 14.3. The fourth-order valence-corrected chi connectivity index (χ4v) is 2.29. The average molecular weight is 248 g/mol. The van der Waals surface area contributed by atoms with E-state index in [9.17, 15) is 4.79 Å². The first kappa shape index (κ1) is 13.1. The lowest BCUT2D eigenvalue weighted by molar-refractivity contribution is -0.150. The van der Waals surface area contributed by atoms with Gasteiger partial charge in [-0.3, -0.25) is 4.90 Å². The fraction of sp³-hybridized carbons (Fsp3) is 0.500. The van der Waals surface area contributed by atoms with Crippen LogP contribution in [0.15, 0.2) is 30.3 Å². The van der Waals surface area contributed by atoms with Crippen molar-refractivity contribution in [3.8, 4) is 0 Å². The van der Waals surface area contributed by atoms with Gasteiger partial charge in [0.1, 0.15) is 6.04 Å². The summed E-state index contributed by atoms with van der Waals surface area (Å²) in [5, 5.41) is 3.30. The minimum Gasteiger partial charge on any atom is -0.465 e. The van der Waals surface area contributed by atoms with Crippen LogP contribution < -0.4 is 5.32 Å². The molecule has 1 aliphatic heterocycles. The summed E-state index contributed by atoms with van der Waals surface area (Å²) in [7, 11) is 0. The molecule has 1 aromatic carbocycles. The lowest BCUT2D eigenvalue weighted by Crippen LogP contribution is -2.47. The molecule has 1 N–H and O–H groups in total. The van der Waals surface area contributed by atoms with Gasteiger partial charge in [0, 0.05) is 26.2 Å². The number of carbonyl (C=O) groups excluding carboxylic acids is 1. The van der Waals surface area contributed by atoms with Gasteiger partial charge in [-0.2, -0.15) is 0 Å². The quantitative estimate of drug-likeness (QED) is 0.813. The Labute approximate surface area is 108 Å². The van der Waals surface area contributed by atoms with Crippen molar-refractivity contribution in [1.29, 1.82) is 0 Å². The van der Waals surface area contributed by atoms with Crippen molar-refractivity contribution in [1.82, 2.24) is 10.2 Å². The number of rotatable bonds is 4. The van der Waals surface area contributed by atoms with Gasteiger partial charge < -0.3 is 10.1 Å². The average Bonchev–Trinajstić information content (AvgIpc) is 2.42. The van der Waals surface area contributed by atoms with E-state index in [1.165, 1.54) is 0 Å². The fourth-order valence-electron chi connectivity index (χ4n) is 2.29. The van der Waals surface area contributed by atoms with Crippen molar-refractivity contribution in [2.75, 3.05) is 32.8 Å². The summed E-state index contributed by atoms with van der Waals surface area (Å²) in [6, 6.07) is 9.60. The Morgan fingerprint density at radius 1 is 1.33 bits per heavy atom. The zero-order chi connectivity index (χ0) is 12.8. The number of benzene rings is 1. The van der Waals surface area contributed by atoms with Crippen LogP contribution in [0.4, 0.5) is 0 Å². The molecule has 0 radical (unpaired) electrons. The SMILES string of the molecule is CCOC(=O)[C@@H](c1ccccc1)N1CCNCC1. The van der Waals surface area contributed by atoms with Crippen molar-refractivity contribution in [2.24, 2.45) is 0 Å². The van der Waals surface area contributed by atoms with Crippen molar-refractivity contribution >= 4 is 5.97 Å². The molecule has 0 bridgehead atoms. The molecule has 0 aromatic heterocycles. The summed E-state index contributed by atoms with van der Waals surface area (Å²) in [5.41, 5.74) is 1.01. The lowest BCUT2D eigenvalue weighted by Gasteiger charge is -2.33. The van der Waals surface area contributed by atoms with E-state index in [-0.39, 0.29) is 12.0 Å². The zero-order valence-corrected chi connectivity index (χ0v) is 10.8. The summed E-state index contributed by atoms with van der Waals surface area (Å²) >= 11 is 0. The molecule has 2 rings (SSSR count). The number of carbonyl (C=O) groups is 1. The summed E-state index contributed by atoms with van der Waals surface area (Å²) in [6.45, 7) is 5.86. The van der Waals surface area contributed by atoms with Gasteiger partial charge in [0.15, 0.2) is 0 Å². The summed E-state index contributed by atoms with van der Waals surface area (Å²) < 4.78 is 5.21. The van der Waals surface area contributed by atoms with Gasteiger partial charge in [-0.15, -0.1) is 0 Å². The second kappa shape index (κ2) is 6.52. The molecule has 0 unspecified atom stereocenters. The van der Waals surface area contributed by atoms with Gasteiger partial charge in [-0.1, -0.05) is 30.3 Å². The molecule has 0 saturated carbocycles. The van der Waals surface area contributed by atoms with E-state index in [1.54, 1.807) is 0 Å². The van der Waals surface area contributed by atoms with Crippen LogP contribution in [0.5, 0.6) is 0 Å². The van der Waals surface area contributed by atoms with Crippen molar-refractivity contribution in [2.45, 2.75) is 13.0 Å². The predicted molar refractivity (Wildman–Crippen MR) is 70.3 cm³/mol. The van der Waals surface area contributed by atoms with E-state index in [1.807, 2.05) is 37.3 Å². The van der Waals surface area contributed by atoms with Gasteiger partial charge in [0.25, 0.3) is 0 Å². The number of piperazine rings is 1. The van der Waals surface area contributed by atoms with Crippen LogP contribution in [0, 0.1) is 0 Å². The second-order valence-electron chi connectivity index (χ2n) is 4.35. The van der Waals surface area contributed by atoms with Crippen LogP contribution in [-0.2, 0) is 9.53 Å². The first-order valence-corrected chi connectivity index (χ1v) is 6.49. The Bertz CT molecular complexity index is 375. The molecule has 1 heterocycles. The van der Waals surface area contributed by atoms with Crippen LogP contribution in [0.25, 0.3) is 0 Å². The van der Waals surface area contributed by atoms with Crippen LogP contribution in [0.2, 0.25) is 0 Å². The minimum absolute atomic E-state index is 0.148. The predicted octanol–water partition coefficient (Wildman–Crippen LogP) is 1.20. The normalized spacial score (nSPS) is 18.3. The smallest absolute Gasteiger partial charge is 0.328 e.